The lowest BCUT2D eigenvalue weighted by atomic mass is 10.2. The highest BCUT2D eigenvalue weighted by Gasteiger charge is 2.01. The lowest BCUT2D eigenvalue weighted by molar-refractivity contribution is 0.132. The molecule has 1 rings (SSSR count). The van der Waals surface area contributed by atoms with E-state index >= 15 is 0 Å². The molecule has 0 saturated carbocycles. The predicted octanol–water partition coefficient (Wildman–Crippen LogP) is 2.95. The molecule has 1 aromatic carbocycles. The summed E-state index contributed by atoms with van der Waals surface area (Å²) >= 11 is 5.86. The van der Waals surface area contributed by atoms with Crippen molar-refractivity contribution in [3.05, 3.63) is 28.8 Å². The van der Waals surface area contributed by atoms with Crippen molar-refractivity contribution >= 4 is 11.6 Å². The molecule has 0 fully saturated rings. The van der Waals surface area contributed by atoms with E-state index in [-0.39, 0.29) is 5.75 Å². The normalized spacial score (nSPS) is 10.7. The lowest BCUT2D eigenvalue weighted by Gasteiger charge is -2.07. The van der Waals surface area contributed by atoms with Crippen molar-refractivity contribution < 1.29 is 9.84 Å². The minimum atomic E-state index is 0.282. The van der Waals surface area contributed by atoms with Crippen molar-refractivity contribution in [2.75, 3.05) is 19.8 Å². The molecule has 2 N–H and O–H groups in total. The summed E-state index contributed by atoms with van der Waals surface area (Å²) < 4.78 is 5.37. The first-order valence-corrected chi connectivity index (χ1v) is 6.37. The highest BCUT2D eigenvalue weighted by atomic mass is 35.5. The molecule has 96 valence electrons. The van der Waals surface area contributed by atoms with Gasteiger partial charge < -0.3 is 15.2 Å². The molecule has 1 aromatic rings. The Morgan fingerprint density at radius 1 is 1.35 bits per heavy atom. The van der Waals surface area contributed by atoms with Crippen molar-refractivity contribution in [1.29, 1.82) is 0 Å². The van der Waals surface area contributed by atoms with E-state index in [1.165, 1.54) is 0 Å². The summed E-state index contributed by atoms with van der Waals surface area (Å²) in [5.74, 6) is 0.282. The molecular formula is C13H20ClNO2. The molecule has 0 aliphatic carbocycles. The van der Waals surface area contributed by atoms with Crippen LogP contribution in [0.3, 0.4) is 0 Å². The first-order valence-electron chi connectivity index (χ1n) is 6.00. The number of hydrogen-bond donors (Lipinski definition) is 2. The fourth-order valence-corrected chi connectivity index (χ4v) is 1.66. The standard InChI is InChI=1S/C13H20ClNO2/c1-2-7-17-8-3-6-15-10-11-9-12(14)4-5-13(11)16/h4-5,9,15-16H,2-3,6-8,10H2,1H3. The van der Waals surface area contributed by atoms with Crippen LogP contribution in [-0.4, -0.2) is 24.9 Å². The van der Waals surface area contributed by atoms with Crippen LogP contribution >= 0.6 is 11.6 Å². The Morgan fingerprint density at radius 3 is 2.94 bits per heavy atom. The van der Waals surface area contributed by atoms with E-state index < -0.39 is 0 Å². The van der Waals surface area contributed by atoms with Crippen molar-refractivity contribution in [1.82, 2.24) is 5.32 Å². The van der Waals surface area contributed by atoms with Crippen LogP contribution in [0.15, 0.2) is 18.2 Å². The van der Waals surface area contributed by atoms with Gasteiger partial charge in [0.05, 0.1) is 0 Å². The predicted molar refractivity (Wildman–Crippen MR) is 70.6 cm³/mol. The van der Waals surface area contributed by atoms with E-state index in [1.807, 2.05) is 0 Å². The van der Waals surface area contributed by atoms with Crippen LogP contribution in [0.4, 0.5) is 0 Å². The van der Waals surface area contributed by atoms with Crippen LogP contribution in [0.1, 0.15) is 25.3 Å². The number of phenols is 1. The third kappa shape index (κ3) is 5.91. The average Bonchev–Trinajstić information content (AvgIpc) is 2.32. The molecule has 0 saturated heterocycles. The number of halogens is 1. The van der Waals surface area contributed by atoms with Gasteiger partial charge in [0.25, 0.3) is 0 Å². The Kier molecular flexibility index (Phi) is 7.01. The van der Waals surface area contributed by atoms with Gasteiger partial charge in [-0.05, 0) is 37.6 Å². The van der Waals surface area contributed by atoms with E-state index in [0.29, 0.717) is 11.6 Å². The van der Waals surface area contributed by atoms with Crippen molar-refractivity contribution in [2.24, 2.45) is 0 Å². The van der Waals surface area contributed by atoms with Crippen LogP contribution in [-0.2, 0) is 11.3 Å². The number of aromatic hydroxyl groups is 1. The maximum atomic E-state index is 9.58. The van der Waals surface area contributed by atoms with Crippen LogP contribution in [0.5, 0.6) is 5.75 Å². The van der Waals surface area contributed by atoms with Crippen molar-refractivity contribution in [2.45, 2.75) is 26.3 Å². The fraction of sp³-hybridized carbons (Fsp3) is 0.538. The zero-order valence-corrected chi connectivity index (χ0v) is 11.0. The summed E-state index contributed by atoms with van der Waals surface area (Å²) in [5.41, 5.74) is 0.826. The van der Waals surface area contributed by atoms with Crippen LogP contribution in [0.2, 0.25) is 5.02 Å². The Hall–Kier alpha value is -0.770. The number of ether oxygens (including phenoxy) is 1. The Bertz CT molecular complexity index is 331. The molecule has 0 aliphatic heterocycles. The zero-order chi connectivity index (χ0) is 12.5. The summed E-state index contributed by atoms with van der Waals surface area (Å²) in [6.45, 7) is 5.20. The SMILES string of the molecule is CCCOCCCNCc1cc(Cl)ccc1O. The molecule has 17 heavy (non-hydrogen) atoms. The number of benzene rings is 1. The molecule has 0 radical (unpaired) electrons. The maximum absolute atomic E-state index is 9.58. The third-order valence-corrected chi connectivity index (χ3v) is 2.58. The first kappa shape index (κ1) is 14.3. The van der Waals surface area contributed by atoms with Gasteiger partial charge in [0.15, 0.2) is 0 Å². The van der Waals surface area contributed by atoms with Gasteiger partial charge in [-0.1, -0.05) is 18.5 Å². The van der Waals surface area contributed by atoms with Gasteiger partial charge in [0, 0.05) is 30.3 Å². The second kappa shape index (κ2) is 8.34. The second-order valence-corrected chi connectivity index (χ2v) is 4.35. The van der Waals surface area contributed by atoms with Crippen molar-refractivity contribution in [3.8, 4) is 5.75 Å². The van der Waals surface area contributed by atoms with Gasteiger partial charge in [0.1, 0.15) is 5.75 Å². The molecule has 0 unspecified atom stereocenters. The van der Waals surface area contributed by atoms with Gasteiger partial charge >= 0.3 is 0 Å². The minimum absolute atomic E-state index is 0.282. The van der Waals surface area contributed by atoms with Gasteiger partial charge in [-0.3, -0.25) is 0 Å². The minimum Gasteiger partial charge on any atom is -0.508 e. The van der Waals surface area contributed by atoms with Crippen molar-refractivity contribution in [3.63, 3.8) is 0 Å². The molecule has 0 aliphatic rings. The van der Waals surface area contributed by atoms with Crippen LogP contribution in [0, 0.1) is 0 Å². The Labute approximate surface area is 108 Å². The topological polar surface area (TPSA) is 41.5 Å². The smallest absolute Gasteiger partial charge is 0.120 e. The van der Waals surface area contributed by atoms with Gasteiger partial charge in [-0.25, -0.2) is 0 Å². The van der Waals surface area contributed by atoms with E-state index in [0.717, 1.165) is 38.2 Å². The highest BCUT2D eigenvalue weighted by Crippen LogP contribution is 2.20. The largest absolute Gasteiger partial charge is 0.508 e. The molecule has 0 atom stereocenters. The summed E-state index contributed by atoms with van der Waals surface area (Å²) in [7, 11) is 0. The molecule has 3 nitrogen and oxygen atoms in total. The quantitative estimate of drug-likeness (QED) is 0.704. The first-order chi connectivity index (χ1) is 8.24. The third-order valence-electron chi connectivity index (χ3n) is 2.35. The van der Waals surface area contributed by atoms with Gasteiger partial charge in [-0.15, -0.1) is 0 Å². The Balaban J connectivity index is 2.15. The lowest BCUT2D eigenvalue weighted by Crippen LogP contribution is -2.16. The average molecular weight is 258 g/mol. The number of phenolic OH excluding ortho intramolecular Hbond substituents is 1. The summed E-state index contributed by atoms with van der Waals surface area (Å²) in [5, 5.41) is 13.5. The molecule has 4 heteroatoms. The van der Waals surface area contributed by atoms with E-state index in [1.54, 1.807) is 18.2 Å². The highest BCUT2D eigenvalue weighted by molar-refractivity contribution is 6.30. The fourth-order valence-electron chi connectivity index (χ4n) is 1.46. The van der Waals surface area contributed by atoms with Gasteiger partial charge in [0.2, 0.25) is 0 Å². The van der Waals surface area contributed by atoms with E-state index in [2.05, 4.69) is 12.2 Å². The molecule has 0 spiro atoms. The van der Waals surface area contributed by atoms with Gasteiger partial charge in [-0.2, -0.15) is 0 Å². The molecule has 0 aromatic heterocycles. The van der Waals surface area contributed by atoms with Crippen LogP contribution < -0.4 is 5.32 Å². The molecule has 0 bridgehead atoms. The summed E-state index contributed by atoms with van der Waals surface area (Å²) in [4.78, 5) is 0. The molecule has 0 heterocycles. The maximum Gasteiger partial charge on any atom is 0.120 e. The second-order valence-electron chi connectivity index (χ2n) is 3.92. The Morgan fingerprint density at radius 2 is 2.18 bits per heavy atom. The molecule has 0 amide bonds. The summed E-state index contributed by atoms with van der Waals surface area (Å²) in [6, 6.07) is 5.07. The number of nitrogens with one attached hydrogen (secondary N) is 1. The zero-order valence-electron chi connectivity index (χ0n) is 10.2. The monoisotopic (exact) mass is 257 g/mol. The van der Waals surface area contributed by atoms with E-state index in [4.69, 9.17) is 16.3 Å². The summed E-state index contributed by atoms with van der Waals surface area (Å²) in [6.07, 6.45) is 2.03. The number of rotatable bonds is 8. The van der Waals surface area contributed by atoms with E-state index in [9.17, 15) is 5.11 Å². The molecular weight excluding hydrogens is 238 g/mol. The number of hydrogen-bond acceptors (Lipinski definition) is 3. The van der Waals surface area contributed by atoms with Crippen LogP contribution in [0.25, 0.3) is 0 Å².